The molecule has 0 fully saturated rings. The maximum Gasteiger partial charge on any atom is 0.311 e. The largest absolute Gasteiger partial charge is 0.427 e. The van der Waals surface area contributed by atoms with E-state index in [1.54, 1.807) is 0 Å². The molecule has 4 aromatic rings. The van der Waals surface area contributed by atoms with Crippen LogP contribution < -0.4 is 9.47 Å². The van der Waals surface area contributed by atoms with Crippen molar-refractivity contribution in [2.24, 2.45) is 0 Å². The Morgan fingerprint density at radius 3 is 1.08 bits per heavy atom. The average molecular weight is 849 g/mol. The first-order valence-corrected chi connectivity index (χ1v) is 25.0. The van der Waals surface area contributed by atoms with E-state index in [4.69, 9.17) is 9.47 Å². The highest BCUT2D eigenvalue weighted by Crippen LogP contribution is 2.36. The Hall–Kier alpha value is -4.10. The highest BCUT2D eigenvalue weighted by atomic mass is 32.1. The molecule has 0 saturated heterocycles. The van der Waals surface area contributed by atoms with Gasteiger partial charge in [-0.1, -0.05) is 177 Å². The highest BCUT2D eigenvalue weighted by Gasteiger charge is 2.15. The van der Waals surface area contributed by atoms with Gasteiger partial charge in [0.1, 0.15) is 22.5 Å². The van der Waals surface area contributed by atoms with E-state index in [0.717, 1.165) is 84.7 Å². The standard InChI is InChI=1S/C54H76N2O4S/c1-3-5-7-9-11-13-15-17-19-21-23-25-27-29-31-33-51(57)59-47-39-35-45(36-40-47)49-43-44-50(54-53(49)55-61-56-54)46-37-41-48(42-38-46)60-52(58)34-32-30-28-26-24-22-20-18-16-14-12-10-8-6-4-2/h17-20,35-44H,3-16,21-34H2,1-2H3/b19-17-,20-18-. The normalized spacial score (nSPS) is 11.6. The van der Waals surface area contributed by atoms with Gasteiger partial charge >= 0.3 is 11.9 Å². The molecule has 7 heteroatoms. The van der Waals surface area contributed by atoms with Gasteiger partial charge < -0.3 is 9.47 Å². The summed E-state index contributed by atoms with van der Waals surface area (Å²) < 4.78 is 20.6. The molecule has 0 aliphatic carbocycles. The van der Waals surface area contributed by atoms with Crippen molar-refractivity contribution < 1.29 is 19.1 Å². The first-order chi connectivity index (χ1) is 30.1. The fraction of sp³-hybridized carbons (Fsp3) is 0.556. The molecule has 0 N–H and O–H groups in total. The Bertz CT molecular complexity index is 1700. The molecule has 1 heterocycles. The molecule has 1 aromatic heterocycles. The minimum atomic E-state index is -0.181. The van der Waals surface area contributed by atoms with Gasteiger partial charge in [0.25, 0.3) is 0 Å². The molecular formula is C54H76N2O4S. The molecule has 0 bridgehead atoms. The lowest BCUT2D eigenvalue weighted by atomic mass is 9.98. The lowest BCUT2D eigenvalue weighted by Crippen LogP contribution is -2.07. The Balaban J connectivity index is 1.10. The fourth-order valence-electron chi connectivity index (χ4n) is 7.78. The number of esters is 2. The van der Waals surface area contributed by atoms with Crippen molar-refractivity contribution in [2.75, 3.05) is 0 Å². The third-order valence-corrected chi connectivity index (χ3v) is 12.0. The van der Waals surface area contributed by atoms with Gasteiger partial charge in [0.15, 0.2) is 0 Å². The Labute approximate surface area is 373 Å². The second kappa shape index (κ2) is 31.7. The van der Waals surface area contributed by atoms with E-state index in [2.05, 4.69) is 59.0 Å². The van der Waals surface area contributed by atoms with E-state index in [1.807, 2.05) is 48.5 Å². The van der Waals surface area contributed by atoms with E-state index in [9.17, 15) is 9.59 Å². The number of rotatable bonds is 34. The zero-order valence-corrected chi connectivity index (χ0v) is 38.6. The zero-order valence-electron chi connectivity index (χ0n) is 37.8. The number of hydrogen-bond donors (Lipinski definition) is 0. The summed E-state index contributed by atoms with van der Waals surface area (Å²) in [6.45, 7) is 4.53. The summed E-state index contributed by atoms with van der Waals surface area (Å²) >= 11 is 1.19. The molecule has 6 nitrogen and oxygen atoms in total. The quantitative estimate of drug-likeness (QED) is 0.0202. The molecule has 4 rings (SSSR count). The van der Waals surface area contributed by atoms with Crippen molar-refractivity contribution >= 4 is 34.7 Å². The van der Waals surface area contributed by atoms with E-state index < -0.39 is 0 Å². The maximum atomic E-state index is 12.6. The minimum absolute atomic E-state index is 0.181. The van der Waals surface area contributed by atoms with E-state index in [0.29, 0.717) is 24.3 Å². The maximum absolute atomic E-state index is 12.6. The first kappa shape index (κ1) is 49.6. The topological polar surface area (TPSA) is 78.4 Å². The minimum Gasteiger partial charge on any atom is -0.427 e. The van der Waals surface area contributed by atoms with E-state index in [-0.39, 0.29) is 11.9 Å². The number of nitrogens with zero attached hydrogens (tertiary/aromatic N) is 2. The molecule has 0 aliphatic rings. The number of carbonyl (C=O) groups is 2. The Morgan fingerprint density at radius 1 is 0.426 bits per heavy atom. The van der Waals surface area contributed by atoms with Crippen LogP contribution in [-0.2, 0) is 9.59 Å². The Morgan fingerprint density at radius 2 is 0.738 bits per heavy atom. The van der Waals surface area contributed by atoms with Gasteiger partial charge in [-0.2, -0.15) is 8.75 Å². The Kier molecular flexibility index (Phi) is 25.8. The van der Waals surface area contributed by atoms with Crippen LogP contribution in [0.25, 0.3) is 33.3 Å². The van der Waals surface area contributed by atoms with E-state index in [1.165, 1.54) is 127 Å². The highest BCUT2D eigenvalue weighted by molar-refractivity contribution is 7.00. The number of hydrogen-bond acceptors (Lipinski definition) is 7. The number of benzene rings is 3. The summed E-state index contributed by atoms with van der Waals surface area (Å²) in [4.78, 5) is 25.1. The molecule has 3 aromatic carbocycles. The first-order valence-electron chi connectivity index (χ1n) is 24.3. The molecule has 0 aliphatic heterocycles. The van der Waals surface area contributed by atoms with Crippen molar-refractivity contribution in [3.63, 3.8) is 0 Å². The van der Waals surface area contributed by atoms with Crippen LogP contribution in [0.4, 0.5) is 0 Å². The van der Waals surface area contributed by atoms with Gasteiger partial charge in [-0.3, -0.25) is 9.59 Å². The smallest absolute Gasteiger partial charge is 0.311 e. The van der Waals surface area contributed by atoms with Gasteiger partial charge in [-0.25, -0.2) is 0 Å². The molecule has 61 heavy (non-hydrogen) atoms. The monoisotopic (exact) mass is 849 g/mol. The third-order valence-electron chi connectivity index (χ3n) is 11.5. The van der Waals surface area contributed by atoms with Crippen LogP contribution in [0, 0.1) is 0 Å². The van der Waals surface area contributed by atoms with Crippen LogP contribution in [0.15, 0.2) is 85.0 Å². The van der Waals surface area contributed by atoms with Crippen molar-refractivity contribution in [2.45, 2.75) is 194 Å². The van der Waals surface area contributed by atoms with Crippen molar-refractivity contribution in [1.29, 1.82) is 0 Å². The summed E-state index contributed by atoms with van der Waals surface area (Å²) in [7, 11) is 0. The number of unbranched alkanes of at least 4 members (excludes halogenated alkanes) is 22. The SMILES string of the molecule is CCCCCCCC/C=C\CCCCCCCC(=O)Oc1ccc(-c2ccc(-c3ccc(OC(=O)CCCCCCC/C=C\CCCCCCCC)cc3)c3nsnc23)cc1. The predicted octanol–water partition coefficient (Wildman–Crippen LogP) is 16.9. The van der Waals surface area contributed by atoms with Crippen LogP contribution in [0.1, 0.15) is 194 Å². The fourth-order valence-corrected chi connectivity index (χ4v) is 8.36. The third kappa shape index (κ3) is 20.5. The molecule has 0 atom stereocenters. The summed E-state index contributed by atoms with van der Waals surface area (Å²) in [6.07, 6.45) is 42.3. The van der Waals surface area contributed by atoms with Crippen LogP contribution in [0.2, 0.25) is 0 Å². The second-order valence-electron chi connectivity index (χ2n) is 16.8. The number of allylic oxidation sites excluding steroid dienone is 4. The van der Waals surface area contributed by atoms with Gasteiger partial charge in [-0.15, -0.1) is 0 Å². The van der Waals surface area contributed by atoms with E-state index >= 15 is 0 Å². The summed E-state index contributed by atoms with van der Waals surface area (Å²) in [6, 6.07) is 19.4. The lowest BCUT2D eigenvalue weighted by Gasteiger charge is -2.09. The number of carbonyl (C=O) groups excluding carboxylic acids is 2. The van der Waals surface area contributed by atoms with Gasteiger partial charge in [0, 0.05) is 24.0 Å². The van der Waals surface area contributed by atoms with Crippen molar-refractivity contribution in [3.8, 4) is 33.8 Å². The summed E-state index contributed by atoms with van der Waals surface area (Å²) in [5, 5.41) is 0. The number of fused-ring (bicyclic) bond motifs is 1. The van der Waals surface area contributed by atoms with Crippen LogP contribution in [0.3, 0.4) is 0 Å². The molecule has 0 saturated carbocycles. The molecule has 0 amide bonds. The zero-order chi connectivity index (χ0) is 43.0. The average Bonchev–Trinajstić information content (AvgIpc) is 3.77. The second-order valence-corrected chi connectivity index (χ2v) is 17.3. The van der Waals surface area contributed by atoms with Gasteiger partial charge in [0.2, 0.25) is 0 Å². The number of aromatic nitrogens is 2. The molecule has 332 valence electrons. The van der Waals surface area contributed by atoms with Crippen molar-refractivity contribution in [3.05, 3.63) is 85.0 Å². The molecule has 0 unspecified atom stereocenters. The number of ether oxygens (including phenoxy) is 2. The molecule has 0 spiro atoms. The van der Waals surface area contributed by atoms with Crippen LogP contribution in [0.5, 0.6) is 11.5 Å². The summed E-state index contributed by atoms with van der Waals surface area (Å²) in [5.74, 6) is 0.749. The lowest BCUT2D eigenvalue weighted by molar-refractivity contribution is -0.135. The van der Waals surface area contributed by atoms with Crippen molar-refractivity contribution in [1.82, 2.24) is 8.75 Å². The van der Waals surface area contributed by atoms with Crippen LogP contribution >= 0.6 is 11.7 Å². The van der Waals surface area contributed by atoms with Crippen LogP contribution in [-0.4, -0.2) is 20.7 Å². The predicted molar refractivity (Wildman–Crippen MR) is 258 cm³/mol. The summed E-state index contributed by atoms with van der Waals surface area (Å²) in [5.41, 5.74) is 5.56. The van der Waals surface area contributed by atoms with Gasteiger partial charge in [-0.05, 0) is 99.6 Å². The van der Waals surface area contributed by atoms with Gasteiger partial charge in [0.05, 0.1) is 11.7 Å². The molecule has 0 radical (unpaired) electrons. The molecular weight excluding hydrogens is 773 g/mol.